The minimum atomic E-state index is 0.228. The molecular formula is C20H21N5OS. The number of hydrogen-bond acceptors (Lipinski definition) is 7. The highest BCUT2D eigenvalue weighted by Crippen LogP contribution is 2.37. The minimum Gasteiger partial charge on any atom is -0.507 e. The molecule has 0 aliphatic carbocycles. The van der Waals surface area contributed by atoms with E-state index in [0.29, 0.717) is 23.8 Å². The van der Waals surface area contributed by atoms with E-state index < -0.39 is 0 Å². The number of rotatable bonds is 4. The number of likely N-dealkylation sites (tertiary alicyclic amines) is 1. The molecule has 27 heavy (non-hydrogen) atoms. The van der Waals surface area contributed by atoms with Crippen LogP contribution in [0.4, 0.5) is 5.95 Å². The van der Waals surface area contributed by atoms with E-state index in [-0.39, 0.29) is 11.8 Å². The highest BCUT2D eigenvalue weighted by Gasteiger charge is 2.21. The van der Waals surface area contributed by atoms with E-state index in [2.05, 4.69) is 31.3 Å². The quantitative estimate of drug-likeness (QED) is 0.678. The lowest BCUT2D eigenvalue weighted by atomic mass is 10.1. The molecule has 1 aromatic carbocycles. The number of anilines is 1. The van der Waals surface area contributed by atoms with Gasteiger partial charge in [-0.3, -0.25) is 4.90 Å². The van der Waals surface area contributed by atoms with Crippen molar-refractivity contribution in [2.45, 2.75) is 25.8 Å². The summed E-state index contributed by atoms with van der Waals surface area (Å²) in [6, 6.07) is 6.04. The highest BCUT2D eigenvalue weighted by molar-refractivity contribution is 7.17. The molecule has 6 nitrogen and oxygen atoms in total. The monoisotopic (exact) mass is 379 g/mol. The van der Waals surface area contributed by atoms with Crippen LogP contribution in [0.15, 0.2) is 23.6 Å². The number of phenols is 1. The summed E-state index contributed by atoms with van der Waals surface area (Å²) in [5, 5.41) is 25.4. The van der Waals surface area contributed by atoms with E-state index in [1.165, 1.54) is 0 Å². The third kappa shape index (κ3) is 3.59. The Hall–Kier alpha value is -2.69. The van der Waals surface area contributed by atoms with Gasteiger partial charge in [0.25, 0.3) is 0 Å². The van der Waals surface area contributed by atoms with Crippen LogP contribution in [0.2, 0.25) is 0 Å². The Morgan fingerprint density at radius 2 is 2.26 bits per heavy atom. The summed E-state index contributed by atoms with van der Waals surface area (Å²) in [7, 11) is 0. The van der Waals surface area contributed by atoms with Gasteiger partial charge in [-0.05, 0) is 49.9 Å². The van der Waals surface area contributed by atoms with Gasteiger partial charge in [0.1, 0.15) is 11.4 Å². The van der Waals surface area contributed by atoms with Gasteiger partial charge in [0.2, 0.25) is 5.95 Å². The van der Waals surface area contributed by atoms with Gasteiger partial charge in [0, 0.05) is 28.2 Å². The van der Waals surface area contributed by atoms with E-state index >= 15 is 0 Å². The average Bonchev–Trinajstić information content (AvgIpc) is 3.13. The first kappa shape index (κ1) is 17.7. The number of aromatic hydroxyl groups is 1. The van der Waals surface area contributed by atoms with Crippen LogP contribution in [-0.2, 0) is 0 Å². The van der Waals surface area contributed by atoms with E-state index in [0.717, 1.165) is 41.7 Å². The Morgan fingerprint density at radius 1 is 1.37 bits per heavy atom. The first-order valence-electron chi connectivity index (χ1n) is 8.99. The zero-order chi connectivity index (χ0) is 18.8. The first-order valence-corrected chi connectivity index (χ1v) is 9.87. The van der Waals surface area contributed by atoms with Crippen LogP contribution in [-0.4, -0.2) is 50.9 Å². The molecule has 1 saturated heterocycles. The van der Waals surface area contributed by atoms with Crippen molar-refractivity contribution in [2.24, 2.45) is 0 Å². The first-order chi connectivity index (χ1) is 13.2. The molecule has 138 valence electrons. The molecule has 0 saturated carbocycles. The Kier molecular flexibility index (Phi) is 4.92. The molecule has 1 fully saturated rings. The Bertz CT molecular complexity index is 1010. The molecule has 0 spiro atoms. The standard InChI is InChI=1S/C20H21N5OS/c1-3-9-25-10-4-5-14(12-25)22-20-21-13(2)18(23-24-20)16-6-7-17-15(19(16)26)8-11-27-17/h1,6-8,11,14,26H,4-5,9-10,12H2,2H3,(H,21,22,24)/t14-/m1/s1. The third-order valence-electron chi connectivity index (χ3n) is 4.88. The molecule has 2 N–H and O–H groups in total. The normalized spacial score (nSPS) is 17.7. The number of fused-ring (bicyclic) bond motifs is 1. The highest BCUT2D eigenvalue weighted by atomic mass is 32.1. The van der Waals surface area contributed by atoms with Crippen molar-refractivity contribution in [3.8, 4) is 29.4 Å². The van der Waals surface area contributed by atoms with E-state index in [9.17, 15) is 5.11 Å². The molecule has 0 radical (unpaired) electrons. The lowest BCUT2D eigenvalue weighted by molar-refractivity contribution is 0.240. The number of hydrogen-bond donors (Lipinski definition) is 2. The lowest BCUT2D eigenvalue weighted by Gasteiger charge is -2.31. The average molecular weight is 379 g/mol. The lowest BCUT2D eigenvalue weighted by Crippen LogP contribution is -2.42. The van der Waals surface area contributed by atoms with Gasteiger partial charge in [-0.2, -0.15) is 0 Å². The van der Waals surface area contributed by atoms with Crippen LogP contribution in [0, 0.1) is 19.3 Å². The largest absolute Gasteiger partial charge is 0.507 e. The number of benzene rings is 1. The maximum absolute atomic E-state index is 10.6. The molecule has 0 bridgehead atoms. The molecule has 4 rings (SSSR count). The molecule has 1 atom stereocenters. The van der Waals surface area contributed by atoms with Crippen molar-refractivity contribution in [1.29, 1.82) is 0 Å². The molecule has 1 aliphatic rings. The van der Waals surface area contributed by atoms with Gasteiger partial charge in [-0.15, -0.1) is 28.0 Å². The van der Waals surface area contributed by atoms with Crippen molar-refractivity contribution in [3.05, 3.63) is 29.3 Å². The summed E-state index contributed by atoms with van der Waals surface area (Å²) in [5.74, 6) is 3.45. The van der Waals surface area contributed by atoms with Crippen LogP contribution in [0.3, 0.4) is 0 Å². The number of aromatic nitrogens is 3. The van der Waals surface area contributed by atoms with Crippen molar-refractivity contribution < 1.29 is 5.11 Å². The maximum Gasteiger partial charge on any atom is 0.243 e. The number of terminal acetylenes is 1. The van der Waals surface area contributed by atoms with Crippen LogP contribution < -0.4 is 5.32 Å². The number of nitrogens with one attached hydrogen (secondary N) is 1. The van der Waals surface area contributed by atoms with Crippen LogP contribution in [0.1, 0.15) is 18.5 Å². The number of thiophene rings is 1. The van der Waals surface area contributed by atoms with Gasteiger partial charge in [0.05, 0.1) is 12.2 Å². The number of phenolic OH excluding ortho intramolecular Hbond substituents is 1. The fourth-order valence-corrected chi connectivity index (χ4v) is 4.35. The summed E-state index contributed by atoms with van der Waals surface area (Å²) in [6.45, 7) is 4.46. The van der Waals surface area contributed by atoms with Crippen LogP contribution in [0.25, 0.3) is 21.3 Å². The molecule has 3 heterocycles. The number of piperidine rings is 1. The van der Waals surface area contributed by atoms with Gasteiger partial charge >= 0.3 is 0 Å². The van der Waals surface area contributed by atoms with Crippen molar-refractivity contribution >= 4 is 27.4 Å². The molecule has 2 aromatic heterocycles. The molecule has 3 aromatic rings. The minimum absolute atomic E-state index is 0.228. The Balaban J connectivity index is 1.55. The van der Waals surface area contributed by atoms with Crippen LogP contribution in [0.5, 0.6) is 5.75 Å². The predicted octanol–water partition coefficient (Wildman–Crippen LogP) is 3.28. The summed E-state index contributed by atoms with van der Waals surface area (Å²) in [6.07, 6.45) is 7.57. The molecule has 0 unspecified atom stereocenters. The fraction of sp³-hybridized carbons (Fsp3) is 0.350. The summed E-state index contributed by atoms with van der Waals surface area (Å²) in [5.41, 5.74) is 1.99. The van der Waals surface area contributed by atoms with E-state index in [1.807, 2.05) is 30.5 Å². The predicted molar refractivity (Wildman–Crippen MR) is 109 cm³/mol. The second kappa shape index (κ2) is 7.51. The van der Waals surface area contributed by atoms with E-state index in [4.69, 9.17) is 6.42 Å². The van der Waals surface area contributed by atoms with Crippen molar-refractivity contribution in [1.82, 2.24) is 20.1 Å². The second-order valence-electron chi connectivity index (χ2n) is 6.79. The molecule has 7 heteroatoms. The fourth-order valence-electron chi connectivity index (χ4n) is 3.56. The third-order valence-corrected chi connectivity index (χ3v) is 5.76. The van der Waals surface area contributed by atoms with Gasteiger partial charge in [-0.1, -0.05) is 5.92 Å². The second-order valence-corrected chi connectivity index (χ2v) is 7.73. The maximum atomic E-state index is 10.6. The molecule has 0 amide bonds. The summed E-state index contributed by atoms with van der Waals surface area (Å²) >= 11 is 1.60. The Morgan fingerprint density at radius 3 is 3.07 bits per heavy atom. The smallest absolute Gasteiger partial charge is 0.243 e. The zero-order valence-electron chi connectivity index (χ0n) is 15.1. The van der Waals surface area contributed by atoms with Crippen molar-refractivity contribution in [3.63, 3.8) is 0 Å². The molecular weight excluding hydrogens is 358 g/mol. The van der Waals surface area contributed by atoms with Gasteiger partial charge < -0.3 is 10.4 Å². The van der Waals surface area contributed by atoms with Crippen LogP contribution >= 0.6 is 11.3 Å². The number of nitrogens with zero attached hydrogens (tertiary/aromatic N) is 4. The van der Waals surface area contributed by atoms with Gasteiger partial charge in [0.15, 0.2) is 0 Å². The SMILES string of the molecule is C#CCN1CCC[C@@H](Nc2nnc(-c3ccc4sccc4c3O)c(C)n2)C1. The van der Waals surface area contributed by atoms with Crippen molar-refractivity contribution in [2.75, 3.05) is 25.0 Å². The summed E-state index contributed by atoms with van der Waals surface area (Å²) in [4.78, 5) is 6.83. The molecule has 1 aliphatic heterocycles. The number of aryl methyl sites for hydroxylation is 1. The zero-order valence-corrected chi connectivity index (χ0v) is 16.0. The topological polar surface area (TPSA) is 74.2 Å². The Labute approximate surface area is 162 Å². The van der Waals surface area contributed by atoms with E-state index in [1.54, 1.807) is 11.3 Å². The summed E-state index contributed by atoms with van der Waals surface area (Å²) < 4.78 is 1.04. The van der Waals surface area contributed by atoms with Gasteiger partial charge in [-0.25, -0.2) is 4.98 Å².